The second-order valence-corrected chi connectivity index (χ2v) is 3.66. The summed E-state index contributed by atoms with van der Waals surface area (Å²) in [6.07, 6.45) is 0. The zero-order chi connectivity index (χ0) is 12.8. The molecule has 0 heterocycles. The Labute approximate surface area is 99.8 Å². The number of aryl methyl sites for hydroxylation is 1. The molecule has 0 atom stereocenters. The van der Waals surface area contributed by atoms with Crippen LogP contribution in [0.3, 0.4) is 0 Å². The molecule has 1 rings (SSSR count). The van der Waals surface area contributed by atoms with E-state index in [2.05, 4.69) is 10.6 Å². The van der Waals surface area contributed by atoms with Crippen LogP contribution >= 0.6 is 0 Å². The summed E-state index contributed by atoms with van der Waals surface area (Å²) in [6, 6.07) is 4.72. The van der Waals surface area contributed by atoms with Gasteiger partial charge in [0.15, 0.2) is 0 Å². The number of carboxylic acids is 1. The van der Waals surface area contributed by atoms with E-state index in [0.29, 0.717) is 11.3 Å². The Morgan fingerprint density at radius 3 is 2.59 bits per heavy atom. The van der Waals surface area contributed by atoms with Gasteiger partial charge in [-0.1, -0.05) is 6.92 Å². The van der Waals surface area contributed by atoms with Crippen LogP contribution < -0.4 is 10.6 Å². The quantitative estimate of drug-likeness (QED) is 0.718. The SMILES string of the molecule is CCNCC(=O)Nc1ccc(C(=O)O)c(C)c1. The number of anilines is 1. The first kappa shape index (κ1) is 13.2. The van der Waals surface area contributed by atoms with Gasteiger partial charge in [0.05, 0.1) is 12.1 Å². The minimum absolute atomic E-state index is 0.144. The monoisotopic (exact) mass is 236 g/mol. The number of hydrogen-bond donors (Lipinski definition) is 3. The summed E-state index contributed by atoms with van der Waals surface area (Å²) in [6.45, 7) is 4.59. The number of carboxylic acid groups (broad SMARTS) is 1. The number of aromatic carboxylic acids is 1. The maximum absolute atomic E-state index is 11.4. The molecule has 0 bridgehead atoms. The van der Waals surface area contributed by atoms with Crippen LogP contribution in [0.25, 0.3) is 0 Å². The van der Waals surface area contributed by atoms with Gasteiger partial charge >= 0.3 is 5.97 Å². The molecule has 0 fully saturated rings. The van der Waals surface area contributed by atoms with Crippen LogP contribution in [-0.2, 0) is 4.79 Å². The molecule has 17 heavy (non-hydrogen) atoms. The van der Waals surface area contributed by atoms with E-state index in [1.165, 1.54) is 6.07 Å². The Bertz CT molecular complexity index is 430. The molecule has 0 aliphatic heterocycles. The highest BCUT2D eigenvalue weighted by Gasteiger charge is 2.08. The van der Waals surface area contributed by atoms with Crippen LogP contribution in [-0.4, -0.2) is 30.1 Å². The molecule has 1 amide bonds. The normalized spacial score (nSPS) is 10.0. The van der Waals surface area contributed by atoms with Gasteiger partial charge in [-0.25, -0.2) is 4.79 Å². The molecule has 5 nitrogen and oxygen atoms in total. The first-order valence-electron chi connectivity index (χ1n) is 5.39. The number of hydrogen-bond acceptors (Lipinski definition) is 3. The van der Waals surface area contributed by atoms with Crippen molar-refractivity contribution in [3.8, 4) is 0 Å². The van der Waals surface area contributed by atoms with Gasteiger partial charge in [-0.2, -0.15) is 0 Å². The molecule has 0 aliphatic rings. The van der Waals surface area contributed by atoms with Crippen LogP contribution in [0.2, 0.25) is 0 Å². The third-order valence-corrected chi connectivity index (χ3v) is 2.28. The third kappa shape index (κ3) is 3.88. The fourth-order valence-corrected chi connectivity index (χ4v) is 1.43. The summed E-state index contributed by atoms with van der Waals surface area (Å²) >= 11 is 0. The van der Waals surface area contributed by atoms with Gasteiger partial charge in [0.25, 0.3) is 0 Å². The molecule has 0 unspecified atom stereocenters. The van der Waals surface area contributed by atoms with Gasteiger partial charge in [-0.05, 0) is 37.2 Å². The predicted octanol–water partition coefficient (Wildman–Crippen LogP) is 1.24. The van der Waals surface area contributed by atoms with Crippen LogP contribution in [0.1, 0.15) is 22.8 Å². The molecule has 5 heteroatoms. The first-order chi connectivity index (χ1) is 8.04. The lowest BCUT2D eigenvalue weighted by Crippen LogP contribution is -2.27. The predicted molar refractivity (Wildman–Crippen MR) is 65.3 cm³/mol. The van der Waals surface area contributed by atoms with Crippen molar-refractivity contribution in [2.75, 3.05) is 18.4 Å². The molecule has 92 valence electrons. The molecule has 0 spiro atoms. The van der Waals surface area contributed by atoms with Crippen molar-refractivity contribution in [1.82, 2.24) is 5.32 Å². The molecule has 0 saturated heterocycles. The van der Waals surface area contributed by atoms with E-state index in [1.54, 1.807) is 19.1 Å². The maximum Gasteiger partial charge on any atom is 0.335 e. The van der Waals surface area contributed by atoms with E-state index in [4.69, 9.17) is 5.11 Å². The van der Waals surface area contributed by atoms with E-state index in [-0.39, 0.29) is 18.0 Å². The number of nitrogens with one attached hydrogen (secondary N) is 2. The molecule has 1 aromatic carbocycles. The van der Waals surface area contributed by atoms with Crippen molar-refractivity contribution in [2.24, 2.45) is 0 Å². The Balaban J connectivity index is 2.70. The molecule has 1 aromatic rings. The molecular weight excluding hydrogens is 220 g/mol. The lowest BCUT2D eigenvalue weighted by molar-refractivity contribution is -0.115. The summed E-state index contributed by atoms with van der Waals surface area (Å²) in [5.41, 5.74) is 1.48. The van der Waals surface area contributed by atoms with E-state index in [0.717, 1.165) is 6.54 Å². The van der Waals surface area contributed by atoms with Crippen LogP contribution in [0.5, 0.6) is 0 Å². The zero-order valence-electron chi connectivity index (χ0n) is 9.91. The fraction of sp³-hybridized carbons (Fsp3) is 0.333. The van der Waals surface area contributed by atoms with E-state index in [9.17, 15) is 9.59 Å². The van der Waals surface area contributed by atoms with Crippen molar-refractivity contribution < 1.29 is 14.7 Å². The topological polar surface area (TPSA) is 78.4 Å². The largest absolute Gasteiger partial charge is 0.478 e. The fourth-order valence-electron chi connectivity index (χ4n) is 1.43. The summed E-state index contributed by atoms with van der Waals surface area (Å²) in [4.78, 5) is 22.2. The van der Waals surface area contributed by atoms with E-state index < -0.39 is 5.97 Å². The molecule has 3 N–H and O–H groups in total. The Morgan fingerprint density at radius 2 is 2.06 bits per heavy atom. The van der Waals surface area contributed by atoms with Gasteiger partial charge in [0.1, 0.15) is 0 Å². The minimum atomic E-state index is -0.965. The zero-order valence-corrected chi connectivity index (χ0v) is 9.91. The second kappa shape index (κ2) is 6.00. The molecule has 0 radical (unpaired) electrons. The number of carbonyl (C=O) groups excluding carboxylic acids is 1. The number of likely N-dealkylation sites (N-methyl/N-ethyl adjacent to an activating group) is 1. The van der Waals surface area contributed by atoms with Gasteiger partial charge in [0.2, 0.25) is 5.91 Å². The average molecular weight is 236 g/mol. The van der Waals surface area contributed by atoms with Crippen molar-refractivity contribution in [3.05, 3.63) is 29.3 Å². The van der Waals surface area contributed by atoms with Crippen LogP contribution in [0.4, 0.5) is 5.69 Å². The van der Waals surface area contributed by atoms with E-state index >= 15 is 0 Å². The highest BCUT2D eigenvalue weighted by molar-refractivity contribution is 5.94. The Hall–Kier alpha value is -1.88. The van der Waals surface area contributed by atoms with Crippen molar-refractivity contribution >= 4 is 17.6 Å². The summed E-state index contributed by atoms with van der Waals surface area (Å²) in [7, 11) is 0. The smallest absolute Gasteiger partial charge is 0.335 e. The lowest BCUT2D eigenvalue weighted by Gasteiger charge is -2.07. The average Bonchev–Trinajstić information content (AvgIpc) is 2.26. The van der Waals surface area contributed by atoms with Crippen molar-refractivity contribution in [3.63, 3.8) is 0 Å². The van der Waals surface area contributed by atoms with E-state index in [1.807, 2.05) is 6.92 Å². The summed E-state index contributed by atoms with van der Waals surface area (Å²) in [5.74, 6) is -1.11. The molecule has 0 saturated carbocycles. The van der Waals surface area contributed by atoms with Crippen molar-refractivity contribution in [2.45, 2.75) is 13.8 Å². The highest BCUT2D eigenvalue weighted by atomic mass is 16.4. The van der Waals surface area contributed by atoms with Gasteiger partial charge in [-0.15, -0.1) is 0 Å². The van der Waals surface area contributed by atoms with Gasteiger partial charge in [-0.3, -0.25) is 4.79 Å². The maximum atomic E-state index is 11.4. The highest BCUT2D eigenvalue weighted by Crippen LogP contribution is 2.14. The number of benzene rings is 1. The Morgan fingerprint density at radius 1 is 1.35 bits per heavy atom. The van der Waals surface area contributed by atoms with Crippen LogP contribution in [0, 0.1) is 6.92 Å². The summed E-state index contributed by atoms with van der Waals surface area (Å²) < 4.78 is 0. The number of carbonyl (C=O) groups is 2. The number of rotatable bonds is 5. The summed E-state index contributed by atoms with van der Waals surface area (Å²) in [5, 5.41) is 14.5. The van der Waals surface area contributed by atoms with Gasteiger partial charge in [0, 0.05) is 5.69 Å². The Kier molecular flexibility index (Phi) is 4.66. The van der Waals surface area contributed by atoms with Crippen molar-refractivity contribution in [1.29, 1.82) is 0 Å². The van der Waals surface area contributed by atoms with Crippen LogP contribution in [0.15, 0.2) is 18.2 Å². The first-order valence-corrected chi connectivity index (χ1v) is 5.39. The lowest BCUT2D eigenvalue weighted by atomic mass is 10.1. The van der Waals surface area contributed by atoms with Gasteiger partial charge < -0.3 is 15.7 Å². The molecule has 0 aromatic heterocycles. The minimum Gasteiger partial charge on any atom is -0.478 e. The standard InChI is InChI=1S/C12H16N2O3/c1-3-13-7-11(15)14-9-4-5-10(12(16)17)8(2)6-9/h4-6,13H,3,7H2,1-2H3,(H,14,15)(H,16,17). The second-order valence-electron chi connectivity index (χ2n) is 3.66. The third-order valence-electron chi connectivity index (χ3n) is 2.28. The number of amides is 1. The molecule has 0 aliphatic carbocycles. The molecular formula is C12H16N2O3.